The average molecular weight is 522 g/mol. The van der Waals surface area contributed by atoms with Gasteiger partial charge >= 0.3 is 0 Å². The van der Waals surface area contributed by atoms with Crippen LogP contribution >= 0.6 is 0 Å². The van der Waals surface area contributed by atoms with Gasteiger partial charge in [0.15, 0.2) is 4.90 Å². The van der Waals surface area contributed by atoms with Gasteiger partial charge in [-0.25, -0.2) is 13.1 Å². The quantitative estimate of drug-likeness (QED) is 0.267. The monoisotopic (exact) mass is 521 g/mol. The molecule has 190 valence electrons. The molecule has 0 radical (unpaired) electrons. The van der Waals surface area contributed by atoms with Gasteiger partial charge in [0.05, 0.1) is 33.4 Å². The first kappa shape index (κ1) is 25.4. The van der Waals surface area contributed by atoms with E-state index in [2.05, 4.69) is 10.6 Å². The number of carbonyl (C=O) groups excluding carboxylic acids is 1. The third-order valence-electron chi connectivity index (χ3n) is 5.77. The Bertz CT molecular complexity index is 1640. The fourth-order valence-corrected chi connectivity index (χ4v) is 5.48. The highest BCUT2D eigenvalue weighted by Crippen LogP contribution is 2.35. The summed E-state index contributed by atoms with van der Waals surface area (Å²) in [6, 6.07) is 19.9. The SMILES string of the molecule is Cc1c(NC(=O)CNc2cccc([N+](=O)[O-])c2S(=O)(=O)c2ccccc2)c(=O)n(-c2ccccc2)n1C. The van der Waals surface area contributed by atoms with Gasteiger partial charge in [0.25, 0.3) is 11.2 Å². The van der Waals surface area contributed by atoms with Crippen LogP contribution in [0.15, 0.2) is 93.4 Å². The maximum absolute atomic E-state index is 13.3. The van der Waals surface area contributed by atoms with Crippen molar-refractivity contribution < 1.29 is 18.1 Å². The van der Waals surface area contributed by atoms with Crippen molar-refractivity contribution in [2.24, 2.45) is 7.05 Å². The zero-order valence-corrected chi connectivity index (χ0v) is 20.7. The lowest BCUT2D eigenvalue weighted by atomic mass is 10.2. The minimum Gasteiger partial charge on any atom is -0.375 e. The number of sulfone groups is 1. The van der Waals surface area contributed by atoms with Crippen molar-refractivity contribution >= 4 is 32.8 Å². The molecule has 0 fully saturated rings. The summed E-state index contributed by atoms with van der Waals surface area (Å²) in [7, 11) is -2.61. The number of nitrogens with one attached hydrogen (secondary N) is 2. The molecule has 37 heavy (non-hydrogen) atoms. The van der Waals surface area contributed by atoms with Crippen molar-refractivity contribution in [1.29, 1.82) is 0 Å². The molecule has 2 N–H and O–H groups in total. The van der Waals surface area contributed by atoms with Gasteiger partial charge in [-0.2, -0.15) is 0 Å². The van der Waals surface area contributed by atoms with E-state index in [1.54, 1.807) is 49.0 Å². The third kappa shape index (κ3) is 4.86. The number of hydrogen-bond acceptors (Lipinski definition) is 7. The number of nitrogens with zero attached hydrogens (tertiary/aromatic N) is 3. The van der Waals surface area contributed by atoms with E-state index < -0.39 is 43.4 Å². The summed E-state index contributed by atoms with van der Waals surface area (Å²) in [5.74, 6) is -0.638. The van der Waals surface area contributed by atoms with E-state index in [1.807, 2.05) is 6.07 Å². The van der Waals surface area contributed by atoms with E-state index in [1.165, 1.54) is 41.1 Å². The van der Waals surface area contributed by atoms with E-state index in [0.29, 0.717) is 11.4 Å². The number of rotatable bonds is 8. The number of nitro groups is 1. The van der Waals surface area contributed by atoms with Crippen LogP contribution in [-0.2, 0) is 21.7 Å². The second kappa shape index (κ2) is 10.1. The molecule has 0 bridgehead atoms. The molecular formula is C25H23N5O6S. The number of hydrogen-bond donors (Lipinski definition) is 2. The first-order valence-electron chi connectivity index (χ1n) is 11.1. The highest BCUT2D eigenvalue weighted by Gasteiger charge is 2.31. The van der Waals surface area contributed by atoms with Crippen LogP contribution in [-0.4, -0.2) is 35.2 Å². The molecule has 1 amide bonds. The first-order valence-corrected chi connectivity index (χ1v) is 12.6. The summed E-state index contributed by atoms with van der Waals surface area (Å²) in [6.07, 6.45) is 0. The largest absolute Gasteiger partial charge is 0.375 e. The van der Waals surface area contributed by atoms with Crippen LogP contribution in [0, 0.1) is 17.0 Å². The van der Waals surface area contributed by atoms with Crippen LogP contribution in [0.1, 0.15) is 5.69 Å². The first-order chi connectivity index (χ1) is 17.6. The predicted octanol–water partition coefficient (Wildman–Crippen LogP) is 3.28. The Morgan fingerprint density at radius 1 is 0.973 bits per heavy atom. The highest BCUT2D eigenvalue weighted by atomic mass is 32.2. The highest BCUT2D eigenvalue weighted by molar-refractivity contribution is 7.91. The molecule has 1 heterocycles. The molecule has 0 saturated heterocycles. The zero-order valence-electron chi connectivity index (χ0n) is 19.9. The minimum atomic E-state index is -4.29. The minimum absolute atomic E-state index is 0.0642. The van der Waals surface area contributed by atoms with Crippen molar-refractivity contribution in [2.45, 2.75) is 16.7 Å². The van der Waals surface area contributed by atoms with Crippen molar-refractivity contribution in [1.82, 2.24) is 9.36 Å². The van der Waals surface area contributed by atoms with Gasteiger partial charge < -0.3 is 10.6 Å². The van der Waals surface area contributed by atoms with Crippen LogP contribution in [0.4, 0.5) is 17.1 Å². The van der Waals surface area contributed by atoms with Crippen molar-refractivity contribution in [3.05, 3.63) is 105 Å². The van der Waals surface area contributed by atoms with Gasteiger partial charge in [0, 0.05) is 13.1 Å². The molecule has 0 saturated carbocycles. The van der Waals surface area contributed by atoms with Crippen molar-refractivity contribution in [3.8, 4) is 5.69 Å². The van der Waals surface area contributed by atoms with Crippen LogP contribution in [0.2, 0.25) is 0 Å². The molecule has 0 aliphatic heterocycles. The molecule has 4 aromatic rings. The summed E-state index contributed by atoms with van der Waals surface area (Å²) >= 11 is 0. The Morgan fingerprint density at radius 2 is 1.59 bits per heavy atom. The smallest absolute Gasteiger partial charge is 0.295 e. The number of anilines is 2. The number of carbonyl (C=O) groups is 1. The van der Waals surface area contributed by atoms with Gasteiger partial charge in [0.1, 0.15) is 5.69 Å². The fourth-order valence-electron chi connectivity index (χ4n) is 3.88. The number of para-hydroxylation sites is 1. The molecular weight excluding hydrogens is 498 g/mol. The topological polar surface area (TPSA) is 145 Å². The van der Waals surface area contributed by atoms with Gasteiger partial charge in [-0.15, -0.1) is 0 Å². The van der Waals surface area contributed by atoms with Gasteiger partial charge in [-0.3, -0.25) is 24.4 Å². The van der Waals surface area contributed by atoms with E-state index in [9.17, 15) is 28.1 Å². The van der Waals surface area contributed by atoms with E-state index in [-0.39, 0.29) is 16.3 Å². The second-order valence-electron chi connectivity index (χ2n) is 8.07. The lowest BCUT2D eigenvalue weighted by molar-refractivity contribution is -0.387. The molecule has 0 aliphatic rings. The Hall–Kier alpha value is -4.71. The van der Waals surface area contributed by atoms with Crippen LogP contribution < -0.4 is 16.2 Å². The molecule has 0 aliphatic carbocycles. The predicted molar refractivity (Wildman–Crippen MR) is 138 cm³/mol. The number of aromatic nitrogens is 2. The third-order valence-corrected chi connectivity index (χ3v) is 7.63. The van der Waals surface area contributed by atoms with Crippen LogP contribution in [0.25, 0.3) is 5.69 Å². The van der Waals surface area contributed by atoms with Gasteiger partial charge in [-0.05, 0) is 37.3 Å². The van der Waals surface area contributed by atoms with Gasteiger partial charge in [0.2, 0.25) is 15.7 Å². The standard InChI is InChI=1S/C25H23N5O6S/c1-17-23(25(32)29(28(17)2)18-10-5-3-6-11-18)27-22(31)16-26-20-14-9-15-21(30(33)34)24(20)37(35,36)19-12-7-4-8-13-19/h3-15,26H,16H2,1-2H3,(H,27,31). The Morgan fingerprint density at radius 3 is 2.22 bits per heavy atom. The Balaban J connectivity index is 1.63. The molecule has 4 rings (SSSR count). The maximum atomic E-state index is 13.3. The molecule has 3 aromatic carbocycles. The molecule has 1 aromatic heterocycles. The lowest BCUT2D eigenvalue weighted by Crippen LogP contribution is -2.27. The lowest BCUT2D eigenvalue weighted by Gasteiger charge is -2.13. The molecule has 0 unspecified atom stereocenters. The zero-order chi connectivity index (χ0) is 26.7. The Labute approximate surface area is 212 Å². The van der Waals surface area contributed by atoms with E-state index in [4.69, 9.17) is 0 Å². The summed E-state index contributed by atoms with van der Waals surface area (Å²) in [6.45, 7) is 1.23. The summed E-state index contributed by atoms with van der Waals surface area (Å²) in [4.78, 5) is 36.0. The number of amides is 1. The summed E-state index contributed by atoms with van der Waals surface area (Å²) in [5.41, 5.74) is 0.00383. The van der Waals surface area contributed by atoms with Gasteiger partial charge in [-0.1, -0.05) is 42.5 Å². The average Bonchev–Trinajstić information content (AvgIpc) is 3.11. The Kier molecular flexibility index (Phi) is 6.94. The van der Waals surface area contributed by atoms with Crippen molar-refractivity contribution in [2.75, 3.05) is 17.2 Å². The molecule has 12 heteroatoms. The number of nitro benzene ring substituents is 1. The van der Waals surface area contributed by atoms with E-state index in [0.717, 1.165) is 6.07 Å². The van der Waals surface area contributed by atoms with Crippen molar-refractivity contribution in [3.63, 3.8) is 0 Å². The normalized spacial score (nSPS) is 11.2. The van der Waals surface area contributed by atoms with Crippen LogP contribution in [0.3, 0.4) is 0 Å². The summed E-state index contributed by atoms with van der Waals surface area (Å²) < 4.78 is 29.6. The second-order valence-corrected chi connectivity index (χ2v) is 9.95. The van der Waals surface area contributed by atoms with E-state index >= 15 is 0 Å². The maximum Gasteiger partial charge on any atom is 0.295 e. The summed E-state index contributed by atoms with van der Waals surface area (Å²) in [5, 5.41) is 16.9. The molecule has 0 spiro atoms. The van der Waals surface area contributed by atoms with Crippen LogP contribution in [0.5, 0.6) is 0 Å². The number of benzene rings is 3. The molecule has 11 nitrogen and oxygen atoms in total. The molecule has 0 atom stereocenters. The fraction of sp³-hybridized carbons (Fsp3) is 0.120.